The molecule has 0 aromatic carbocycles. The topological polar surface area (TPSA) is 110 Å². The van der Waals surface area contributed by atoms with Gasteiger partial charge in [-0.05, 0) is 13.8 Å². The third-order valence-corrected chi connectivity index (χ3v) is 5.22. The molecule has 1 atom stereocenters. The van der Waals surface area contributed by atoms with Gasteiger partial charge in [0.2, 0.25) is 5.78 Å². The number of carbonyl (C=O) groups excluding carboxylic acids is 1. The van der Waals surface area contributed by atoms with Crippen molar-refractivity contribution in [2.45, 2.75) is 26.6 Å². The van der Waals surface area contributed by atoms with Crippen LogP contribution in [0.15, 0.2) is 18.7 Å². The molecule has 1 aliphatic rings. The maximum Gasteiger partial charge on any atom is 0.208 e. The Labute approximate surface area is 168 Å². The lowest BCUT2D eigenvalue weighted by molar-refractivity contribution is 0.00582. The molecule has 1 saturated heterocycles. The van der Waals surface area contributed by atoms with Crippen LogP contribution in [0.2, 0.25) is 0 Å². The van der Waals surface area contributed by atoms with Gasteiger partial charge in [0.25, 0.3) is 0 Å². The first-order chi connectivity index (χ1) is 14.0. The van der Waals surface area contributed by atoms with E-state index in [0.717, 1.165) is 13.1 Å². The fourth-order valence-electron chi connectivity index (χ4n) is 3.73. The summed E-state index contributed by atoms with van der Waals surface area (Å²) < 4.78 is 9.03. The van der Waals surface area contributed by atoms with Gasteiger partial charge in [-0.25, -0.2) is 14.6 Å². The number of aryl methyl sites for hydroxylation is 2. The zero-order valence-corrected chi connectivity index (χ0v) is 16.8. The average molecular weight is 399 g/mol. The Morgan fingerprint density at radius 1 is 1.34 bits per heavy atom. The van der Waals surface area contributed by atoms with Crippen molar-refractivity contribution in [3.05, 3.63) is 30.1 Å². The molecule has 1 unspecified atom stereocenters. The fourth-order valence-corrected chi connectivity index (χ4v) is 3.73. The molecule has 10 nitrogen and oxygen atoms in total. The molecule has 4 rings (SSSR count). The fraction of sp³-hybridized carbons (Fsp3) is 0.474. The first kappa shape index (κ1) is 19.5. The lowest BCUT2D eigenvalue weighted by Crippen LogP contribution is -2.51. The molecule has 154 valence electrons. The van der Waals surface area contributed by atoms with E-state index in [9.17, 15) is 9.90 Å². The van der Waals surface area contributed by atoms with Crippen LogP contribution in [0.5, 0.6) is 5.75 Å². The maximum atomic E-state index is 13.3. The average Bonchev–Trinajstić information content (AvgIpc) is 3.36. The summed E-state index contributed by atoms with van der Waals surface area (Å²) in [4.78, 5) is 23.7. The second-order valence-corrected chi connectivity index (χ2v) is 6.96. The number of aromatic nitrogens is 5. The number of Topliss-reactive ketones (excluding diaryl/α,β-unsaturated/α-hetero) is 1. The summed E-state index contributed by atoms with van der Waals surface area (Å²) in [6.07, 6.45) is 3.72. The summed E-state index contributed by atoms with van der Waals surface area (Å²) in [6, 6.07) is 0. The van der Waals surface area contributed by atoms with Gasteiger partial charge < -0.3 is 19.7 Å². The van der Waals surface area contributed by atoms with Gasteiger partial charge in [0.15, 0.2) is 12.0 Å². The van der Waals surface area contributed by atoms with E-state index in [1.165, 1.54) is 0 Å². The van der Waals surface area contributed by atoms with Crippen molar-refractivity contribution >= 4 is 16.7 Å². The van der Waals surface area contributed by atoms with Crippen molar-refractivity contribution in [1.82, 2.24) is 34.5 Å². The molecule has 1 fully saturated rings. The van der Waals surface area contributed by atoms with Crippen molar-refractivity contribution in [3.63, 3.8) is 0 Å². The Bertz CT molecular complexity index is 1040. The normalized spacial score (nSPS) is 16.3. The number of carbonyl (C=O) groups is 1. The van der Waals surface area contributed by atoms with Crippen LogP contribution in [0.3, 0.4) is 0 Å². The Morgan fingerprint density at radius 2 is 2.10 bits per heavy atom. The van der Waals surface area contributed by atoms with Crippen LogP contribution in [0.25, 0.3) is 16.7 Å². The molecule has 2 N–H and O–H groups in total. The number of nitrogens with zero attached hydrogens (tertiary/aromatic N) is 6. The third-order valence-electron chi connectivity index (χ3n) is 5.22. The molecule has 1 aliphatic heterocycles. The maximum absolute atomic E-state index is 13.3. The van der Waals surface area contributed by atoms with E-state index in [-0.39, 0.29) is 5.78 Å². The first-order valence-corrected chi connectivity index (χ1v) is 9.66. The number of ketones is 1. The number of fused-ring (bicyclic) bond motifs is 1. The predicted octanol–water partition coefficient (Wildman–Crippen LogP) is 0.360. The van der Waals surface area contributed by atoms with Crippen molar-refractivity contribution in [2.24, 2.45) is 0 Å². The number of aliphatic hydroxyl groups is 1. The minimum Gasteiger partial charge on any atom is -0.494 e. The molecular weight excluding hydrogens is 374 g/mol. The second-order valence-electron chi connectivity index (χ2n) is 6.96. The number of rotatable bonds is 6. The quantitative estimate of drug-likeness (QED) is 0.572. The summed E-state index contributed by atoms with van der Waals surface area (Å²) in [5.74, 6) is 1.30. The van der Waals surface area contributed by atoms with Crippen LogP contribution >= 0.6 is 0 Å². The van der Waals surface area contributed by atoms with Crippen LogP contribution < -0.4 is 10.1 Å². The van der Waals surface area contributed by atoms with Crippen LogP contribution in [-0.4, -0.2) is 79.6 Å². The van der Waals surface area contributed by atoms with E-state index in [0.29, 0.717) is 53.5 Å². The van der Waals surface area contributed by atoms with Gasteiger partial charge in [-0.3, -0.25) is 9.69 Å². The number of hydrogen-bond donors (Lipinski definition) is 2. The third kappa shape index (κ3) is 3.39. The zero-order valence-electron chi connectivity index (χ0n) is 16.8. The van der Waals surface area contributed by atoms with Gasteiger partial charge in [0.05, 0.1) is 29.8 Å². The molecule has 0 spiro atoms. The molecule has 0 amide bonds. The highest BCUT2D eigenvalue weighted by atomic mass is 16.5. The number of piperazine rings is 1. The smallest absolute Gasteiger partial charge is 0.208 e. The molecule has 4 heterocycles. The van der Waals surface area contributed by atoms with E-state index in [1.807, 2.05) is 11.5 Å². The lowest BCUT2D eigenvalue weighted by Gasteiger charge is -2.30. The van der Waals surface area contributed by atoms with E-state index < -0.39 is 6.23 Å². The number of pyridine rings is 1. The molecule has 3 aromatic heterocycles. The molecular formula is C19H25N7O3. The zero-order chi connectivity index (χ0) is 20.5. The van der Waals surface area contributed by atoms with E-state index in [4.69, 9.17) is 4.74 Å². The van der Waals surface area contributed by atoms with Gasteiger partial charge in [-0.2, -0.15) is 5.10 Å². The predicted molar refractivity (Wildman–Crippen MR) is 106 cm³/mol. The van der Waals surface area contributed by atoms with Gasteiger partial charge in [0.1, 0.15) is 17.9 Å². The van der Waals surface area contributed by atoms with E-state index in [2.05, 4.69) is 20.4 Å². The van der Waals surface area contributed by atoms with Gasteiger partial charge in [-0.1, -0.05) is 0 Å². The first-order valence-electron chi connectivity index (χ1n) is 9.66. The number of methoxy groups -OCH3 is 1. The summed E-state index contributed by atoms with van der Waals surface area (Å²) in [7, 11) is 1.54. The standard InChI is InChI=1S/C19H25N7O3/c1-4-24-10-13(17(27)19(28)25-7-5-20-6-8-25)15-14(29-3)9-21-18(16(15)24)26-11-22-12(2)23-26/h9-11,19-20,28H,4-8H2,1-3H3. The summed E-state index contributed by atoms with van der Waals surface area (Å²) >= 11 is 0. The number of nitrogens with one attached hydrogen (secondary N) is 1. The monoisotopic (exact) mass is 399 g/mol. The number of aliphatic hydroxyl groups excluding tert-OH is 1. The SMILES string of the molecule is CCn1cc(C(=O)C(O)N2CCNCC2)c2c(OC)cnc(-n3cnc(C)n3)c21. The van der Waals surface area contributed by atoms with Gasteiger partial charge in [0, 0.05) is 38.9 Å². The van der Waals surface area contributed by atoms with Crippen LogP contribution in [-0.2, 0) is 6.54 Å². The highest BCUT2D eigenvalue weighted by Gasteiger charge is 2.30. The minimum atomic E-state index is -1.21. The molecule has 3 aromatic rings. The molecule has 0 aliphatic carbocycles. The minimum absolute atomic E-state index is 0.352. The van der Waals surface area contributed by atoms with Crippen LogP contribution in [0, 0.1) is 6.92 Å². The Kier molecular flexibility index (Phi) is 5.31. The number of ether oxygens (including phenoxy) is 1. The van der Waals surface area contributed by atoms with Crippen molar-refractivity contribution in [3.8, 4) is 11.6 Å². The molecule has 29 heavy (non-hydrogen) atoms. The molecule has 10 heteroatoms. The summed E-state index contributed by atoms with van der Waals surface area (Å²) in [5, 5.41) is 19.0. The van der Waals surface area contributed by atoms with Gasteiger partial charge in [-0.15, -0.1) is 0 Å². The molecule has 0 saturated carbocycles. The van der Waals surface area contributed by atoms with Gasteiger partial charge >= 0.3 is 0 Å². The Hall–Kier alpha value is -2.82. The summed E-state index contributed by atoms with van der Waals surface area (Å²) in [5.41, 5.74) is 1.12. The molecule has 0 radical (unpaired) electrons. The van der Waals surface area contributed by atoms with Crippen molar-refractivity contribution in [1.29, 1.82) is 0 Å². The highest BCUT2D eigenvalue weighted by Crippen LogP contribution is 2.34. The van der Waals surface area contributed by atoms with E-state index in [1.54, 1.807) is 42.3 Å². The van der Waals surface area contributed by atoms with Crippen LogP contribution in [0.4, 0.5) is 0 Å². The second kappa shape index (κ2) is 7.90. The Balaban J connectivity index is 1.87. The van der Waals surface area contributed by atoms with Crippen molar-refractivity contribution in [2.75, 3.05) is 33.3 Å². The number of hydrogen-bond acceptors (Lipinski definition) is 8. The largest absolute Gasteiger partial charge is 0.494 e. The Morgan fingerprint density at radius 3 is 2.72 bits per heavy atom. The van der Waals surface area contributed by atoms with E-state index >= 15 is 0 Å². The highest BCUT2D eigenvalue weighted by molar-refractivity contribution is 6.13. The lowest BCUT2D eigenvalue weighted by atomic mass is 10.1. The molecule has 0 bridgehead atoms. The van der Waals surface area contributed by atoms with Crippen molar-refractivity contribution < 1.29 is 14.6 Å². The van der Waals surface area contributed by atoms with Crippen LogP contribution in [0.1, 0.15) is 23.1 Å². The summed E-state index contributed by atoms with van der Waals surface area (Å²) in [6.45, 7) is 7.10.